The van der Waals surface area contributed by atoms with E-state index in [4.69, 9.17) is 0 Å². The first kappa shape index (κ1) is 25.5. The van der Waals surface area contributed by atoms with Gasteiger partial charge >= 0.3 is 0 Å². The maximum atomic E-state index is 13.2. The molecule has 1 heterocycles. The second kappa shape index (κ2) is 12.4. The van der Waals surface area contributed by atoms with Crippen molar-refractivity contribution in [3.05, 3.63) is 71.8 Å². The summed E-state index contributed by atoms with van der Waals surface area (Å²) in [6, 6.07) is 18.4. The molecule has 34 heavy (non-hydrogen) atoms. The highest BCUT2D eigenvalue weighted by Gasteiger charge is 2.34. The highest BCUT2D eigenvalue weighted by atomic mass is 16.2. The second-order valence-electron chi connectivity index (χ2n) is 9.56. The minimum absolute atomic E-state index is 0.00304. The zero-order valence-electron chi connectivity index (χ0n) is 20.5. The Morgan fingerprint density at radius 2 is 1.47 bits per heavy atom. The van der Waals surface area contributed by atoms with Gasteiger partial charge < -0.3 is 15.5 Å². The van der Waals surface area contributed by atoms with Gasteiger partial charge in [0.15, 0.2) is 0 Å². The lowest BCUT2D eigenvalue weighted by molar-refractivity contribution is -0.133. The molecule has 3 amide bonds. The summed E-state index contributed by atoms with van der Waals surface area (Å²) in [5.74, 6) is 0.00686. The quantitative estimate of drug-likeness (QED) is 0.594. The minimum atomic E-state index is -0.629. The zero-order valence-corrected chi connectivity index (χ0v) is 20.5. The Morgan fingerprint density at radius 3 is 2.06 bits per heavy atom. The standard InChI is InChI=1S/C28H37N3O3/c1-20(2)21(3)29-28(34)26(30-27(33)24-12-8-5-9-13-24)23-16-18-31(19-17-23)25(32)15-14-22-10-6-4-7-11-22/h4-13,20-21,23,26H,14-19H2,1-3H3,(H,29,34)(H,30,33). The van der Waals surface area contributed by atoms with Crippen LogP contribution in [-0.4, -0.2) is 47.8 Å². The van der Waals surface area contributed by atoms with Crippen LogP contribution in [0.5, 0.6) is 0 Å². The summed E-state index contributed by atoms with van der Waals surface area (Å²) < 4.78 is 0. The molecule has 2 unspecified atom stereocenters. The summed E-state index contributed by atoms with van der Waals surface area (Å²) in [7, 11) is 0. The Morgan fingerprint density at radius 1 is 0.882 bits per heavy atom. The van der Waals surface area contributed by atoms with Crippen LogP contribution in [0.4, 0.5) is 0 Å². The van der Waals surface area contributed by atoms with E-state index in [2.05, 4.69) is 24.5 Å². The van der Waals surface area contributed by atoms with E-state index in [1.165, 1.54) is 0 Å². The van der Waals surface area contributed by atoms with Crippen molar-refractivity contribution in [3.63, 3.8) is 0 Å². The molecule has 2 aromatic rings. The molecule has 2 N–H and O–H groups in total. The van der Waals surface area contributed by atoms with Crippen LogP contribution in [0, 0.1) is 11.8 Å². The predicted molar refractivity (Wildman–Crippen MR) is 134 cm³/mol. The van der Waals surface area contributed by atoms with Gasteiger partial charge in [0.05, 0.1) is 0 Å². The number of aryl methyl sites for hydroxylation is 1. The van der Waals surface area contributed by atoms with Crippen LogP contribution in [0.1, 0.15) is 56.0 Å². The molecular formula is C28H37N3O3. The van der Waals surface area contributed by atoms with Crippen molar-refractivity contribution in [1.29, 1.82) is 0 Å². The number of nitrogens with one attached hydrogen (secondary N) is 2. The summed E-state index contributed by atoms with van der Waals surface area (Å²) in [4.78, 5) is 40.7. The predicted octanol–water partition coefficient (Wildman–Crippen LogP) is 3.82. The molecule has 2 aromatic carbocycles. The zero-order chi connectivity index (χ0) is 24.5. The maximum Gasteiger partial charge on any atom is 0.251 e. The molecular weight excluding hydrogens is 426 g/mol. The van der Waals surface area contributed by atoms with Crippen LogP contribution >= 0.6 is 0 Å². The lowest BCUT2D eigenvalue weighted by atomic mass is 9.88. The fraction of sp³-hybridized carbons (Fsp3) is 0.464. The van der Waals surface area contributed by atoms with Crippen molar-refractivity contribution in [2.45, 2.75) is 58.5 Å². The Bertz CT molecular complexity index is 938. The maximum absolute atomic E-state index is 13.2. The number of nitrogens with zero attached hydrogens (tertiary/aromatic N) is 1. The number of piperidine rings is 1. The lowest BCUT2D eigenvalue weighted by Gasteiger charge is -2.36. The Labute approximate surface area is 203 Å². The molecule has 3 rings (SSSR count). The van der Waals surface area contributed by atoms with Gasteiger partial charge in [-0.2, -0.15) is 0 Å². The van der Waals surface area contributed by atoms with Crippen molar-refractivity contribution in [3.8, 4) is 0 Å². The van der Waals surface area contributed by atoms with Gasteiger partial charge in [-0.1, -0.05) is 62.4 Å². The number of likely N-dealkylation sites (tertiary alicyclic amines) is 1. The monoisotopic (exact) mass is 463 g/mol. The Balaban J connectivity index is 1.61. The number of hydrogen-bond donors (Lipinski definition) is 2. The van der Waals surface area contributed by atoms with E-state index in [1.807, 2.05) is 60.4 Å². The third-order valence-electron chi connectivity index (χ3n) is 6.81. The van der Waals surface area contributed by atoms with Crippen LogP contribution in [0.2, 0.25) is 0 Å². The average molecular weight is 464 g/mol. The summed E-state index contributed by atoms with van der Waals surface area (Å²) in [5, 5.41) is 6.06. The first-order chi connectivity index (χ1) is 16.3. The molecule has 182 valence electrons. The molecule has 1 fully saturated rings. The fourth-order valence-electron chi connectivity index (χ4n) is 4.23. The molecule has 1 aliphatic rings. The van der Waals surface area contributed by atoms with Gasteiger partial charge in [0, 0.05) is 31.1 Å². The summed E-state index contributed by atoms with van der Waals surface area (Å²) in [6.07, 6.45) is 2.57. The van der Waals surface area contributed by atoms with E-state index < -0.39 is 6.04 Å². The summed E-state index contributed by atoms with van der Waals surface area (Å²) >= 11 is 0. The first-order valence-corrected chi connectivity index (χ1v) is 12.3. The van der Waals surface area contributed by atoms with Gasteiger partial charge in [0.1, 0.15) is 6.04 Å². The highest BCUT2D eigenvalue weighted by Crippen LogP contribution is 2.23. The molecule has 0 aliphatic carbocycles. The van der Waals surface area contributed by atoms with E-state index in [0.717, 1.165) is 12.0 Å². The number of rotatable bonds is 9. The van der Waals surface area contributed by atoms with Crippen molar-refractivity contribution < 1.29 is 14.4 Å². The third kappa shape index (κ3) is 7.17. The molecule has 0 radical (unpaired) electrons. The average Bonchev–Trinajstić information content (AvgIpc) is 2.86. The van der Waals surface area contributed by atoms with Crippen molar-refractivity contribution >= 4 is 17.7 Å². The van der Waals surface area contributed by atoms with Crippen LogP contribution in [0.15, 0.2) is 60.7 Å². The molecule has 0 saturated carbocycles. The van der Waals surface area contributed by atoms with Crippen LogP contribution in [0.3, 0.4) is 0 Å². The van der Waals surface area contributed by atoms with Gasteiger partial charge in [-0.15, -0.1) is 0 Å². The van der Waals surface area contributed by atoms with Gasteiger partial charge in [-0.25, -0.2) is 0 Å². The Kier molecular flexibility index (Phi) is 9.25. The van der Waals surface area contributed by atoms with Gasteiger partial charge in [0.25, 0.3) is 5.91 Å². The molecule has 6 nitrogen and oxygen atoms in total. The van der Waals surface area contributed by atoms with Crippen molar-refractivity contribution in [2.75, 3.05) is 13.1 Å². The van der Waals surface area contributed by atoms with E-state index in [9.17, 15) is 14.4 Å². The van der Waals surface area contributed by atoms with E-state index in [1.54, 1.807) is 12.1 Å². The lowest BCUT2D eigenvalue weighted by Crippen LogP contribution is -2.55. The molecule has 0 bridgehead atoms. The van der Waals surface area contributed by atoms with Gasteiger partial charge in [-0.3, -0.25) is 14.4 Å². The van der Waals surface area contributed by atoms with E-state index in [0.29, 0.717) is 43.8 Å². The highest BCUT2D eigenvalue weighted by molar-refractivity contribution is 5.97. The van der Waals surface area contributed by atoms with Crippen molar-refractivity contribution in [1.82, 2.24) is 15.5 Å². The van der Waals surface area contributed by atoms with Crippen LogP contribution < -0.4 is 10.6 Å². The summed E-state index contributed by atoms with van der Waals surface area (Å²) in [6.45, 7) is 7.29. The number of carbonyl (C=O) groups is 3. The minimum Gasteiger partial charge on any atom is -0.352 e. The Hall–Kier alpha value is -3.15. The van der Waals surface area contributed by atoms with Crippen molar-refractivity contribution in [2.24, 2.45) is 11.8 Å². The number of carbonyl (C=O) groups excluding carboxylic acids is 3. The van der Waals surface area contributed by atoms with E-state index >= 15 is 0 Å². The molecule has 1 aliphatic heterocycles. The largest absolute Gasteiger partial charge is 0.352 e. The number of amides is 3. The molecule has 2 atom stereocenters. The second-order valence-corrected chi connectivity index (χ2v) is 9.56. The SMILES string of the molecule is CC(C)C(C)NC(=O)C(NC(=O)c1ccccc1)C1CCN(C(=O)CCc2ccccc2)CC1. The fourth-order valence-corrected chi connectivity index (χ4v) is 4.23. The summed E-state index contributed by atoms with van der Waals surface area (Å²) in [5.41, 5.74) is 1.69. The van der Waals surface area contributed by atoms with Gasteiger partial charge in [0.2, 0.25) is 11.8 Å². The van der Waals surface area contributed by atoms with Crippen LogP contribution in [0.25, 0.3) is 0 Å². The van der Waals surface area contributed by atoms with Gasteiger partial charge in [-0.05, 0) is 55.7 Å². The molecule has 6 heteroatoms. The third-order valence-corrected chi connectivity index (χ3v) is 6.81. The molecule has 0 spiro atoms. The number of hydrogen-bond acceptors (Lipinski definition) is 3. The molecule has 0 aromatic heterocycles. The normalized spacial score (nSPS) is 16.1. The number of benzene rings is 2. The van der Waals surface area contributed by atoms with E-state index in [-0.39, 0.29) is 29.7 Å². The topological polar surface area (TPSA) is 78.5 Å². The van der Waals surface area contributed by atoms with Crippen LogP contribution in [-0.2, 0) is 16.0 Å². The molecule has 1 saturated heterocycles. The first-order valence-electron chi connectivity index (χ1n) is 12.3. The smallest absolute Gasteiger partial charge is 0.251 e.